The van der Waals surface area contributed by atoms with E-state index in [9.17, 15) is 4.39 Å². The monoisotopic (exact) mass is 409 g/mol. The number of aryl methyl sites for hydroxylation is 1. The van der Waals surface area contributed by atoms with Gasteiger partial charge in [0.15, 0.2) is 11.6 Å². The van der Waals surface area contributed by atoms with Crippen molar-refractivity contribution < 1.29 is 4.39 Å². The fraction of sp³-hybridized carbons (Fsp3) is 0.500. The molecule has 0 spiro atoms. The number of H-pyrrole nitrogens is 2. The molecule has 0 aliphatic carbocycles. The van der Waals surface area contributed by atoms with Gasteiger partial charge in [-0.1, -0.05) is 0 Å². The molecule has 2 saturated heterocycles. The zero-order chi connectivity index (χ0) is 20.7. The van der Waals surface area contributed by atoms with Gasteiger partial charge in [0, 0.05) is 49.0 Å². The molecule has 5 heterocycles. The first-order valence-electron chi connectivity index (χ1n) is 10.3. The Labute approximate surface area is 173 Å². The van der Waals surface area contributed by atoms with E-state index < -0.39 is 5.82 Å². The van der Waals surface area contributed by atoms with Crippen LogP contribution in [0.4, 0.5) is 22.0 Å². The van der Waals surface area contributed by atoms with Crippen molar-refractivity contribution in [2.24, 2.45) is 0 Å². The normalized spacial score (nSPS) is 23.6. The largest absolute Gasteiger partial charge is 0.351 e. The predicted octanol–water partition coefficient (Wildman–Crippen LogP) is 3.19. The van der Waals surface area contributed by atoms with E-state index in [4.69, 9.17) is 5.26 Å². The van der Waals surface area contributed by atoms with Crippen molar-refractivity contribution in [3.63, 3.8) is 0 Å². The summed E-state index contributed by atoms with van der Waals surface area (Å²) in [6, 6.07) is 5.32. The summed E-state index contributed by atoms with van der Waals surface area (Å²) in [4.78, 5) is 14.4. The number of halogens is 1. The summed E-state index contributed by atoms with van der Waals surface area (Å²) in [7, 11) is 0. The molecule has 0 radical (unpaired) electrons. The second-order valence-electron chi connectivity index (χ2n) is 8.16. The van der Waals surface area contributed by atoms with Gasteiger partial charge in [-0.2, -0.15) is 20.3 Å². The van der Waals surface area contributed by atoms with Gasteiger partial charge in [-0.05, 0) is 32.6 Å². The predicted molar refractivity (Wildman–Crippen MR) is 111 cm³/mol. The summed E-state index contributed by atoms with van der Waals surface area (Å²) in [5.74, 6) is 1.01. The number of piperidine rings is 1. The van der Waals surface area contributed by atoms with E-state index in [1.54, 1.807) is 0 Å². The van der Waals surface area contributed by atoms with Crippen LogP contribution < -0.4 is 10.6 Å². The highest BCUT2D eigenvalue weighted by Gasteiger charge is 2.40. The van der Waals surface area contributed by atoms with Crippen LogP contribution in [-0.4, -0.2) is 54.7 Å². The molecule has 3 aromatic heterocycles. The molecule has 3 aromatic rings. The first-order valence-corrected chi connectivity index (χ1v) is 10.3. The third kappa shape index (κ3) is 3.45. The number of anilines is 3. The van der Waals surface area contributed by atoms with Crippen LogP contribution in [0, 0.1) is 24.1 Å². The average molecular weight is 409 g/mol. The Morgan fingerprint density at radius 2 is 2.10 bits per heavy atom. The number of hydrogen-bond donors (Lipinski definition) is 4. The number of aromatic amines is 2. The van der Waals surface area contributed by atoms with Gasteiger partial charge in [0.1, 0.15) is 11.5 Å². The van der Waals surface area contributed by atoms with Crippen molar-refractivity contribution >= 4 is 28.6 Å². The molecule has 4 N–H and O–H groups in total. The summed E-state index contributed by atoms with van der Waals surface area (Å²) in [5, 5.41) is 22.8. The van der Waals surface area contributed by atoms with E-state index in [1.165, 1.54) is 19.0 Å². The Morgan fingerprint density at radius 1 is 1.30 bits per heavy atom. The van der Waals surface area contributed by atoms with Crippen LogP contribution in [-0.2, 0) is 0 Å². The Balaban J connectivity index is 1.37. The van der Waals surface area contributed by atoms with Gasteiger partial charge >= 0.3 is 0 Å². The van der Waals surface area contributed by atoms with Crippen LogP contribution in [0.1, 0.15) is 37.8 Å². The molecule has 2 aliphatic heterocycles. The Bertz CT molecular complexity index is 1080. The van der Waals surface area contributed by atoms with Crippen LogP contribution >= 0.6 is 0 Å². The number of fused-ring (bicyclic) bond motifs is 3. The number of aromatic nitrogens is 5. The maximum absolute atomic E-state index is 14.3. The molecule has 0 saturated carbocycles. The van der Waals surface area contributed by atoms with Crippen LogP contribution in [0.25, 0.3) is 11.0 Å². The van der Waals surface area contributed by atoms with E-state index >= 15 is 0 Å². The highest BCUT2D eigenvalue weighted by Crippen LogP contribution is 2.37. The Morgan fingerprint density at radius 3 is 2.80 bits per heavy atom. The molecule has 2 aliphatic rings. The molecule has 156 valence electrons. The lowest BCUT2D eigenvalue weighted by Gasteiger charge is -2.38. The van der Waals surface area contributed by atoms with Gasteiger partial charge in [-0.3, -0.25) is 10.00 Å². The zero-order valence-corrected chi connectivity index (χ0v) is 16.7. The summed E-state index contributed by atoms with van der Waals surface area (Å²) in [5.41, 5.74) is 1.34. The molecular formula is C20H24FN9. The number of hydrogen-bond acceptors (Lipinski definition) is 7. The molecule has 2 fully saturated rings. The summed E-state index contributed by atoms with van der Waals surface area (Å²) in [6.07, 6.45) is 6.18. The second kappa shape index (κ2) is 7.57. The standard InChI is InChI=1S/C20H24FN9/c1-11-7-16(29-28-11)25-19-17-15(21)10-23-18(17)26-20(27-19)24-12-8-13-3-4-14(9-12)30(13)6-2-5-22/h7,10,12-14H,2-4,6,8-9H2,1H3,(H4,23,24,25,26,27,28,29). The second-order valence-corrected chi connectivity index (χ2v) is 8.16. The SMILES string of the molecule is Cc1cc(Nc2nc(NC3CC4CCC(C3)N4CCC#N)nc3[nH]cc(F)c23)n[nH]1. The topological polar surface area (TPSA) is 121 Å². The molecule has 0 aromatic carbocycles. The van der Waals surface area contributed by atoms with Gasteiger partial charge in [0.05, 0.1) is 11.5 Å². The lowest BCUT2D eigenvalue weighted by Crippen LogP contribution is -2.47. The van der Waals surface area contributed by atoms with Crippen molar-refractivity contribution in [3.05, 3.63) is 23.8 Å². The lowest BCUT2D eigenvalue weighted by atomic mass is 9.97. The number of nitrogens with one attached hydrogen (secondary N) is 4. The van der Waals surface area contributed by atoms with E-state index in [1.807, 2.05) is 13.0 Å². The van der Waals surface area contributed by atoms with Crippen molar-refractivity contribution in [3.8, 4) is 6.07 Å². The number of nitrogens with zero attached hydrogens (tertiary/aromatic N) is 5. The quantitative estimate of drug-likeness (QED) is 0.493. The molecule has 2 atom stereocenters. The molecule has 5 rings (SSSR count). The van der Waals surface area contributed by atoms with Gasteiger partial charge in [-0.15, -0.1) is 0 Å². The Hall–Kier alpha value is -3.19. The highest BCUT2D eigenvalue weighted by atomic mass is 19.1. The maximum atomic E-state index is 14.3. The fourth-order valence-electron chi connectivity index (χ4n) is 4.87. The summed E-state index contributed by atoms with van der Waals surface area (Å²) in [6.45, 7) is 2.74. The fourth-order valence-corrected chi connectivity index (χ4v) is 4.87. The molecule has 2 bridgehead atoms. The number of nitriles is 1. The van der Waals surface area contributed by atoms with Crippen molar-refractivity contribution in [2.75, 3.05) is 17.2 Å². The van der Waals surface area contributed by atoms with Gasteiger partial charge < -0.3 is 15.6 Å². The van der Waals surface area contributed by atoms with Crippen LogP contribution in [0.2, 0.25) is 0 Å². The first-order chi connectivity index (χ1) is 14.6. The van der Waals surface area contributed by atoms with Crippen molar-refractivity contribution in [1.82, 2.24) is 30.0 Å². The smallest absolute Gasteiger partial charge is 0.226 e. The summed E-state index contributed by atoms with van der Waals surface area (Å²) >= 11 is 0. The minimum atomic E-state index is -0.407. The van der Waals surface area contributed by atoms with E-state index in [0.29, 0.717) is 47.1 Å². The molecule has 30 heavy (non-hydrogen) atoms. The molecule has 10 heteroatoms. The molecule has 9 nitrogen and oxygen atoms in total. The third-order valence-electron chi connectivity index (χ3n) is 6.14. The van der Waals surface area contributed by atoms with Crippen LogP contribution in [0.5, 0.6) is 0 Å². The minimum absolute atomic E-state index is 0.249. The molecule has 0 amide bonds. The zero-order valence-electron chi connectivity index (χ0n) is 16.7. The molecule has 2 unspecified atom stereocenters. The lowest BCUT2D eigenvalue weighted by molar-refractivity contribution is 0.135. The van der Waals surface area contributed by atoms with Crippen molar-refractivity contribution in [1.29, 1.82) is 5.26 Å². The van der Waals surface area contributed by atoms with Crippen LogP contribution in [0.15, 0.2) is 12.3 Å². The van der Waals surface area contributed by atoms with Crippen molar-refractivity contribution in [2.45, 2.75) is 57.2 Å². The maximum Gasteiger partial charge on any atom is 0.226 e. The average Bonchev–Trinajstić information content (AvgIpc) is 3.36. The van der Waals surface area contributed by atoms with Crippen LogP contribution in [0.3, 0.4) is 0 Å². The van der Waals surface area contributed by atoms with E-state index in [2.05, 4.69) is 46.8 Å². The minimum Gasteiger partial charge on any atom is -0.351 e. The first kappa shape index (κ1) is 18.8. The summed E-state index contributed by atoms with van der Waals surface area (Å²) < 4.78 is 14.3. The third-order valence-corrected chi connectivity index (χ3v) is 6.14. The highest BCUT2D eigenvalue weighted by molar-refractivity contribution is 5.90. The van der Waals surface area contributed by atoms with E-state index in [0.717, 1.165) is 25.1 Å². The Kier molecular flexibility index (Phi) is 4.75. The van der Waals surface area contributed by atoms with Gasteiger partial charge in [-0.25, -0.2) is 4.39 Å². The van der Waals surface area contributed by atoms with Gasteiger partial charge in [0.25, 0.3) is 0 Å². The van der Waals surface area contributed by atoms with Gasteiger partial charge in [0.2, 0.25) is 5.95 Å². The van der Waals surface area contributed by atoms with E-state index in [-0.39, 0.29) is 6.04 Å². The number of rotatable bonds is 6. The molecular weight excluding hydrogens is 385 g/mol.